The lowest BCUT2D eigenvalue weighted by atomic mass is 9.98. The van der Waals surface area contributed by atoms with Crippen LogP contribution in [0.2, 0.25) is 0 Å². The van der Waals surface area contributed by atoms with Crippen molar-refractivity contribution in [3.8, 4) is 0 Å². The highest BCUT2D eigenvalue weighted by Crippen LogP contribution is 2.13. The van der Waals surface area contributed by atoms with Gasteiger partial charge >= 0.3 is 0 Å². The predicted molar refractivity (Wildman–Crippen MR) is 85.0 cm³/mol. The number of nitrogens with zero attached hydrogens (tertiary/aromatic N) is 1. The molecule has 0 saturated heterocycles. The molecular formula is C16H25NOS. The summed E-state index contributed by atoms with van der Waals surface area (Å²) in [4.78, 5) is 14.6. The van der Waals surface area contributed by atoms with Gasteiger partial charge in [0.2, 0.25) is 0 Å². The molecule has 0 heterocycles. The molecule has 0 fully saturated rings. The molecule has 0 aromatic heterocycles. The van der Waals surface area contributed by atoms with E-state index in [0.29, 0.717) is 6.04 Å². The quantitative estimate of drug-likeness (QED) is 0.678. The van der Waals surface area contributed by atoms with Crippen LogP contribution in [0.25, 0.3) is 0 Å². The summed E-state index contributed by atoms with van der Waals surface area (Å²) < 4.78 is 0. The van der Waals surface area contributed by atoms with E-state index >= 15 is 0 Å². The smallest absolute Gasteiger partial charge is 0.166 e. The predicted octanol–water partition coefficient (Wildman–Crippen LogP) is 3.58. The fourth-order valence-electron chi connectivity index (χ4n) is 2.09. The first-order valence-corrected chi connectivity index (χ1v) is 8.24. The first-order chi connectivity index (χ1) is 9.06. The monoisotopic (exact) mass is 279 g/mol. The van der Waals surface area contributed by atoms with Crippen LogP contribution in [-0.4, -0.2) is 42.3 Å². The van der Waals surface area contributed by atoms with Gasteiger partial charge in [0, 0.05) is 24.1 Å². The Bertz CT molecular complexity index is 380. The lowest BCUT2D eigenvalue weighted by Gasteiger charge is -2.27. The number of hydrogen-bond donors (Lipinski definition) is 0. The maximum Gasteiger partial charge on any atom is 0.166 e. The Morgan fingerprint density at radius 2 is 1.89 bits per heavy atom. The highest BCUT2D eigenvalue weighted by Gasteiger charge is 2.19. The van der Waals surface area contributed by atoms with E-state index in [1.165, 1.54) is 12.2 Å². The zero-order valence-electron chi connectivity index (χ0n) is 12.4. The Labute approximate surface area is 121 Å². The molecule has 106 valence electrons. The number of carbonyl (C=O) groups excluding carboxylic acids is 1. The molecule has 0 bridgehead atoms. The average Bonchev–Trinajstić information content (AvgIpc) is 2.44. The van der Waals surface area contributed by atoms with Gasteiger partial charge < -0.3 is 4.90 Å². The lowest BCUT2D eigenvalue weighted by molar-refractivity contribution is 0.0889. The third-order valence-electron chi connectivity index (χ3n) is 3.56. The van der Waals surface area contributed by atoms with Crippen LogP contribution in [0.15, 0.2) is 30.3 Å². The van der Waals surface area contributed by atoms with Crippen molar-refractivity contribution in [3.63, 3.8) is 0 Å². The third-order valence-corrected chi connectivity index (χ3v) is 4.20. The molecule has 2 nitrogen and oxygen atoms in total. The molecule has 1 rings (SSSR count). The van der Waals surface area contributed by atoms with Crippen LogP contribution in [0.1, 0.15) is 30.6 Å². The molecule has 0 saturated carbocycles. The topological polar surface area (TPSA) is 20.3 Å². The van der Waals surface area contributed by atoms with E-state index < -0.39 is 0 Å². The highest BCUT2D eigenvalue weighted by molar-refractivity contribution is 7.98. The zero-order valence-corrected chi connectivity index (χ0v) is 13.2. The zero-order chi connectivity index (χ0) is 14.3. The molecular weight excluding hydrogens is 254 g/mol. The molecule has 1 aromatic rings. The standard InChI is InChI=1S/C16H25NOS/c1-13(12-17(3)14(2)10-11-19-4)16(18)15-8-6-5-7-9-15/h5-9,13-14H,10-12H2,1-4H3. The molecule has 1 aromatic carbocycles. The van der Waals surface area contributed by atoms with Gasteiger partial charge in [-0.05, 0) is 32.4 Å². The van der Waals surface area contributed by atoms with Gasteiger partial charge in [-0.15, -0.1) is 0 Å². The molecule has 0 aliphatic rings. The molecule has 0 radical (unpaired) electrons. The summed E-state index contributed by atoms with van der Waals surface area (Å²) in [5.74, 6) is 1.46. The molecule has 0 amide bonds. The van der Waals surface area contributed by atoms with E-state index in [2.05, 4.69) is 25.1 Å². The highest BCUT2D eigenvalue weighted by atomic mass is 32.2. The van der Waals surface area contributed by atoms with E-state index in [4.69, 9.17) is 0 Å². The van der Waals surface area contributed by atoms with Crippen LogP contribution in [-0.2, 0) is 0 Å². The number of ketones is 1. The third kappa shape index (κ3) is 5.37. The number of benzene rings is 1. The number of thioether (sulfide) groups is 1. The first-order valence-electron chi connectivity index (χ1n) is 6.84. The Morgan fingerprint density at radius 1 is 1.26 bits per heavy atom. The van der Waals surface area contributed by atoms with Crippen LogP contribution in [0.5, 0.6) is 0 Å². The molecule has 19 heavy (non-hydrogen) atoms. The largest absolute Gasteiger partial charge is 0.303 e. The lowest BCUT2D eigenvalue weighted by Crippen LogP contribution is -2.35. The van der Waals surface area contributed by atoms with E-state index in [1.807, 2.05) is 49.0 Å². The van der Waals surface area contributed by atoms with Crippen molar-refractivity contribution >= 4 is 17.5 Å². The Hall–Kier alpha value is -0.800. The van der Waals surface area contributed by atoms with Crippen molar-refractivity contribution in [1.29, 1.82) is 0 Å². The van der Waals surface area contributed by atoms with Gasteiger partial charge in [0.1, 0.15) is 0 Å². The number of rotatable bonds is 8. The first kappa shape index (κ1) is 16.3. The number of carbonyl (C=O) groups is 1. The molecule has 2 atom stereocenters. The molecule has 0 spiro atoms. The van der Waals surface area contributed by atoms with Gasteiger partial charge in [0.15, 0.2) is 5.78 Å². The summed E-state index contributed by atoms with van der Waals surface area (Å²) in [6.45, 7) is 5.08. The van der Waals surface area contributed by atoms with Crippen molar-refractivity contribution in [1.82, 2.24) is 4.90 Å². The van der Waals surface area contributed by atoms with E-state index in [0.717, 1.165) is 12.1 Å². The average molecular weight is 279 g/mol. The van der Waals surface area contributed by atoms with Crippen LogP contribution in [0.3, 0.4) is 0 Å². The van der Waals surface area contributed by atoms with Crippen LogP contribution < -0.4 is 0 Å². The minimum atomic E-state index is 0.0455. The summed E-state index contributed by atoms with van der Waals surface area (Å²) in [5.41, 5.74) is 0.820. The van der Waals surface area contributed by atoms with Crippen LogP contribution in [0, 0.1) is 5.92 Å². The molecule has 0 aliphatic carbocycles. The van der Waals surface area contributed by atoms with Crippen LogP contribution in [0.4, 0.5) is 0 Å². The molecule has 3 heteroatoms. The molecule has 2 unspecified atom stereocenters. The normalized spacial score (nSPS) is 14.4. The SMILES string of the molecule is CSCCC(C)N(C)CC(C)C(=O)c1ccccc1. The maximum atomic E-state index is 12.3. The van der Waals surface area contributed by atoms with Crippen molar-refractivity contribution in [2.24, 2.45) is 5.92 Å². The maximum absolute atomic E-state index is 12.3. The van der Waals surface area contributed by atoms with Crippen molar-refractivity contribution in [2.45, 2.75) is 26.3 Å². The van der Waals surface area contributed by atoms with Gasteiger partial charge in [-0.1, -0.05) is 37.3 Å². The Kier molecular flexibility index (Phi) is 7.17. The van der Waals surface area contributed by atoms with Gasteiger partial charge in [0.05, 0.1) is 0 Å². The summed E-state index contributed by atoms with van der Waals surface area (Å²) in [6, 6.07) is 10.1. The van der Waals surface area contributed by atoms with E-state index in [1.54, 1.807) is 0 Å². The number of hydrogen-bond acceptors (Lipinski definition) is 3. The summed E-state index contributed by atoms with van der Waals surface area (Å²) in [5, 5.41) is 0. The fourth-order valence-corrected chi connectivity index (χ4v) is 2.67. The second kappa shape index (κ2) is 8.39. The summed E-state index contributed by atoms with van der Waals surface area (Å²) in [7, 11) is 2.11. The van der Waals surface area contributed by atoms with Crippen LogP contribution >= 0.6 is 11.8 Å². The molecule has 0 aliphatic heterocycles. The second-order valence-corrected chi connectivity index (χ2v) is 6.19. The van der Waals surface area contributed by atoms with Gasteiger partial charge in [-0.2, -0.15) is 11.8 Å². The molecule has 0 N–H and O–H groups in total. The van der Waals surface area contributed by atoms with E-state index in [9.17, 15) is 4.79 Å². The van der Waals surface area contributed by atoms with Gasteiger partial charge in [0.25, 0.3) is 0 Å². The minimum Gasteiger partial charge on any atom is -0.303 e. The fraction of sp³-hybridized carbons (Fsp3) is 0.562. The van der Waals surface area contributed by atoms with E-state index in [-0.39, 0.29) is 11.7 Å². The van der Waals surface area contributed by atoms with Gasteiger partial charge in [-0.3, -0.25) is 4.79 Å². The van der Waals surface area contributed by atoms with Gasteiger partial charge in [-0.25, -0.2) is 0 Å². The summed E-state index contributed by atoms with van der Waals surface area (Å²) >= 11 is 1.88. The summed E-state index contributed by atoms with van der Waals surface area (Å²) in [6.07, 6.45) is 3.30. The van der Waals surface area contributed by atoms with Crippen molar-refractivity contribution in [2.75, 3.05) is 25.6 Å². The Balaban J connectivity index is 2.50. The minimum absolute atomic E-state index is 0.0455. The van der Waals surface area contributed by atoms with Crippen molar-refractivity contribution < 1.29 is 4.79 Å². The Morgan fingerprint density at radius 3 is 2.47 bits per heavy atom. The number of Topliss-reactive ketones (excluding diaryl/α,β-unsaturated/α-hetero) is 1. The second-order valence-electron chi connectivity index (χ2n) is 5.20. The van der Waals surface area contributed by atoms with Crippen molar-refractivity contribution in [3.05, 3.63) is 35.9 Å².